The standard InChI is InChI=1S/C25H32Cl2N2O2S/c1-5-23(25(31)28-15-17(2)3)29(16-20-21(26)7-6-8-22(20)27)24(30)13-14-32-19-11-9-18(4)10-12-19/h6-12,17,23H,5,13-16H2,1-4H3,(H,28,31). The second-order valence-electron chi connectivity index (χ2n) is 8.20. The highest BCUT2D eigenvalue weighted by molar-refractivity contribution is 7.99. The second-order valence-corrected chi connectivity index (χ2v) is 10.2. The molecular formula is C25H32Cl2N2O2S. The minimum absolute atomic E-state index is 0.0906. The maximum atomic E-state index is 13.3. The van der Waals surface area contributed by atoms with Crippen molar-refractivity contribution in [1.29, 1.82) is 0 Å². The van der Waals surface area contributed by atoms with Crippen molar-refractivity contribution in [1.82, 2.24) is 10.2 Å². The molecule has 0 aromatic heterocycles. The normalized spacial score (nSPS) is 12.0. The first-order chi connectivity index (χ1) is 15.2. The molecule has 0 bridgehead atoms. The summed E-state index contributed by atoms with van der Waals surface area (Å²) in [5.74, 6) is 0.708. The van der Waals surface area contributed by atoms with E-state index in [1.165, 1.54) is 5.56 Å². The molecule has 32 heavy (non-hydrogen) atoms. The Morgan fingerprint density at radius 3 is 2.25 bits per heavy atom. The summed E-state index contributed by atoms with van der Waals surface area (Å²) in [6.45, 7) is 8.79. The number of hydrogen-bond donors (Lipinski definition) is 1. The Balaban J connectivity index is 2.18. The molecule has 1 unspecified atom stereocenters. The van der Waals surface area contributed by atoms with Gasteiger partial charge in [0.15, 0.2) is 0 Å². The second kappa shape index (κ2) is 13.1. The van der Waals surface area contributed by atoms with Crippen LogP contribution in [0, 0.1) is 12.8 Å². The third-order valence-electron chi connectivity index (χ3n) is 5.07. The maximum Gasteiger partial charge on any atom is 0.242 e. The monoisotopic (exact) mass is 494 g/mol. The third-order valence-corrected chi connectivity index (χ3v) is 6.79. The van der Waals surface area contributed by atoms with E-state index in [4.69, 9.17) is 23.2 Å². The number of hydrogen-bond acceptors (Lipinski definition) is 3. The van der Waals surface area contributed by atoms with Gasteiger partial charge < -0.3 is 10.2 Å². The number of nitrogens with one attached hydrogen (secondary N) is 1. The van der Waals surface area contributed by atoms with Crippen molar-refractivity contribution in [2.24, 2.45) is 5.92 Å². The van der Waals surface area contributed by atoms with Gasteiger partial charge in [0.25, 0.3) is 0 Å². The van der Waals surface area contributed by atoms with Crippen LogP contribution in [0.5, 0.6) is 0 Å². The fourth-order valence-electron chi connectivity index (χ4n) is 3.23. The predicted octanol–water partition coefficient (Wildman–Crippen LogP) is 6.36. The number of thioether (sulfide) groups is 1. The Kier molecular flexibility index (Phi) is 10.9. The van der Waals surface area contributed by atoms with Crippen LogP contribution in [0.1, 0.15) is 44.7 Å². The largest absolute Gasteiger partial charge is 0.354 e. The zero-order valence-corrected chi connectivity index (χ0v) is 21.5. The first-order valence-corrected chi connectivity index (χ1v) is 12.7. The summed E-state index contributed by atoms with van der Waals surface area (Å²) in [7, 11) is 0. The van der Waals surface area contributed by atoms with Gasteiger partial charge in [-0.2, -0.15) is 0 Å². The van der Waals surface area contributed by atoms with Crippen LogP contribution in [-0.4, -0.2) is 35.1 Å². The molecule has 0 fully saturated rings. The Hall–Kier alpha value is -1.69. The Labute approximate surface area is 206 Å². The smallest absolute Gasteiger partial charge is 0.242 e. The first kappa shape index (κ1) is 26.6. The Morgan fingerprint density at radius 1 is 1.06 bits per heavy atom. The third kappa shape index (κ3) is 8.02. The zero-order valence-electron chi connectivity index (χ0n) is 19.2. The van der Waals surface area contributed by atoms with E-state index in [1.807, 2.05) is 27.7 Å². The lowest BCUT2D eigenvalue weighted by atomic mass is 10.1. The fraction of sp³-hybridized carbons (Fsp3) is 0.440. The Bertz CT molecular complexity index is 883. The highest BCUT2D eigenvalue weighted by Crippen LogP contribution is 2.28. The SMILES string of the molecule is CCC(C(=O)NCC(C)C)N(Cc1c(Cl)cccc1Cl)C(=O)CCSc1ccc(C)cc1. The summed E-state index contributed by atoms with van der Waals surface area (Å²) in [6, 6.07) is 12.9. The van der Waals surface area contributed by atoms with Crippen molar-refractivity contribution in [3.63, 3.8) is 0 Å². The van der Waals surface area contributed by atoms with Gasteiger partial charge in [-0.05, 0) is 43.5 Å². The van der Waals surface area contributed by atoms with Crippen molar-refractivity contribution in [2.45, 2.75) is 58.0 Å². The quantitative estimate of drug-likeness (QED) is 0.369. The number of aryl methyl sites for hydroxylation is 1. The molecule has 0 aliphatic heterocycles. The molecule has 7 heteroatoms. The molecule has 2 aromatic carbocycles. The number of benzene rings is 2. The molecule has 2 aromatic rings. The summed E-state index contributed by atoms with van der Waals surface area (Å²) >= 11 is 14.4. The van der Waals surface area contributed by atoms with Gasteiger partial charge in [-0.3, -0.25) is 9.59 Å². The van der Waals surface area contributed by atoms with Crippen molar-refractivity contribution < 1.29 is 9.59 Å². The molecule has 1 atom stereocenters. The van der Waals surface area contributed by atoms with Crippen LogP contribution < -0.4 is 5.32 Å². The highest BCUT2D eigenvalue weighted by atomic mass is 35.5. The van der Waals surface area contributed by atoms with Crippen LogP contribution in [-0.2, 0) is 16.1 Å². The number of rotatable bonds is 11. The fourth-order valence-corrected chi connectivity index (χ4v) is 4.59. The highest BCUT2D eigenvalue weighted by Gasteiger charge is 2.29. The lowest BCUT2D eigenvalue weighted by molar-refractivity contribution is -0.141. The summed E-state index contributed by atoms with van der Waals surface area (Å²) in [6.07, 6.45) is 0.817. The minimum atomic E-state index is -0.585. The molecule has 0 aliphatic carbocycles. The van der Waals surface area contributed by atoms with Crippen LogP contribution in [0.15, 0.2) is 47.4 Å². The van der Waals surface area contributed by atoms with Gasteiger partial charge >= 0.3 is 0 Å². The lowest BCUT2D eigenvalue weighted by Gasteiger charge is -2.31. The summed E-state index contributed by atoms with van der Waals surface area (Å²) in [5, 5.41) is 3.94. The molecule has 0 spiro atoms. The molecule has 4 nitrogen and oxygen atoms in total. The van der Waals surface area contributed by atoms with E-state index < -0.39 is 6.04 Å². The van der Waals surface area contributed by atoms with E-state index in [0.29, 0.717) is 46.7 Å². The van der Waals surface area contributed by atoms with Crippen molar-refractivity contribution in [3.8, 4) is 0 Å². The molecule has 0 radical (unpaired) electrons. The summed E-state index contributed by atoms with van der Waals surface area (Å²) < 4.78 is 0. The molecule has 0 saturated carbocycles. The van der Waals surface area contributed by atoms with Crippen LogP contribution >= 0.6 is 35.0 Å². The zero-order chi connectivity index (χ0) is 23.7. The number of amides is 2. The van der Waals surface area contributed by atoms with Gasteiger partial charge in [0.2, 0.25) is 11.8 Å². The van der Waals surface area contributed by atoms with E-state index >= 15 is 0 Å². The number of nitrogens with zero attached hydrogens (tertiary/aromatic N) is 1. The van der Waals surface area contributed by atoms with Crippen LogP contribution in [0.2, 0.25) is 10.0 Å². The van der Waals surface area contributed by atoms with Gasteiger partial charge in [0.05, 0.1) is 0 Å². The number of halogens is 2. The van der Waals surface area contributed by atoms with Gasteiger partial charge in [0.1, 0.15) is 6.04 Å². The van der Waals surface area contributed by atoms with Gasteiger partial charge in [-0.1, -0.05) is 67.7 Å². The van der Waals surface area contributed by atoms with E-state index in [2.05, 4.69) is 29.6 Å². The van der Waals surface area contributed by atoms with E-state index in [1.54, 1.807) is 34.9 Å². The molecule has 2 amide bonds. The van der Waals surface area contributed by atoms with Crippen LogP contribution in [0.25, 0.3) is 0 Å². The van der Waals surface area contributed by atoms with Gasteiger partial charge in [-0.15, -0.1) is 11.8 Å². The molecular weight excluding hydrogens is 463 g/mol. The molecule has 174 valence electrons. The van der Waals surface area contributed by atoms with E-state index in [-0.39, 0.29) is 18.4 Å². The minimum Gasteiger partial charge on any atom is -0.354 e. The van der Waals surface area contributed by atoms with Crippen molar-refractivity contribution in [2.75, 3.05) is 12.3 Å². The van der Waals surface area contributed by atoms with Crippen molar-refractivity contribution >= 4 is 46.8 Å². The predicted molar refractivity (Wildman–Crippen MR) is 135 cm³/mol. The molecule has 1 N–H and O–H groups in total. The Morgan fingerprint density at radius 2 is 1.69 bits per heavy atom. The summed E-state index contributed by atoms with van der Waals surface area (Å²) in [5.41, 5.74) is 1.86. The topological polar surface area (TPSA) is 49.4 Å². The maximum absolute atomic E-state index is 13.3. The molecule has 0 aliphatic rings. The van der Waals surface area contributed by atoms with Gasteiger partial charge in [0, 0.05) is 45.8 Å². The van der Waals surface area contributed by atoms with Gasteiger partial charge in [-0.25, -0.2) is 0 Å². The molecule has 0 heterocycles. The lowest BCUT2D eigenvalue weighted by Crippen LogP contribution is -2.49. The number of carbonyl (C=O) groups excluding carboxylic acids is 2. The van der Waals surface area contributed by atoms with Crippen molar-refractivity contribution in [3.05, 3.63) is 63.6 Å². The van der Waals surface area contributed by atoms with Crippen LogP contribution in [0.4, 0.5) is 0 Å². The number of carbonyl (C=O) groups is 2. The average molecular weight is 496 g/mol. The average Bonchev–Trinajstić information content (AvgIpc) is 2.75. The molecule has 0 saturated heterocycles. The van der Waals surface area contributed by atoms with E-state index in [0.717, 1.165) is 4.90 Å². The first-order valence-electron chi connectivity index (χ1n) is 10.9. The van der Waals surface area contributed by atoms with Crippen LogP contribution in [0.3, 0.4) is 0 Å². The summed E-state index contributed by atoms with van der Waals surface area (Å²) in [4.78, 5) is 29.0. The molecule has 2 rings (SSSR count). The van der Waals surface area contributed by atoms with E-state index in [9.17, 15) is 9.59 Å².